The standard InChI is InChI=1S/C21H17N3O3S/c25-20(18-19(27-12-22-18)17-6-3-9-26-17)24-21-23-16(11-28-21)15-8-7-13-4-1-2-5-14(13)10-15/h3,6-12H,1-2,4-5H2,(H,23,24,25). The monoisotopic (exact) mass is 391 g/mol. The van der Waals surface area contributed by atoms with E-state index in [9.17, 15) is 4.79 Å². The van der Waals surface area contributed by atoms with Crippen molar-refractivity contribution >= 4 is 22.4 Å². The van der Waals surface area contributed by atoms with Gasteiger partial charge < -0.3 is 8.83 Å². The van der Waals surface area contributed by atoms with E-state index in [2.05, 4.69) is 33.5 Å². The Labute approximate surface area is 165 Å². The van der Waals surface area contributed by atoms with Crippen molar-refractivity contribution in [2.24, 2.45) is 0 Å². The molecule has 0 saturated carbocycles. The van der Waals surface area contributed by atoms with Crippen molar-refractivity contribution in [1.29, 1.82) is 0 Å². The van der Waals surface area contributed by atoms with E-state index >= 15 is 0 Å². The molecule has 0 saturated heterocycles. The minimum absolute atomic E-state index is 0.167. The lowest BCUT2D eigenvalue weighted by molar-refractivity contribution is 0.102. The molecule has 0 radical (unpaired) electrons. The van der Waals surface area contributed by atoms with Crippen molar-refractivity contribution in [2.45, 2.75) is 25.7 Å². The third kappa shape index (κ3) is 3.14. The summed E-state index contributed by atoms with van der Waals surface area (Å²) in [6.45, 7) is 0. The average molecular weight is 391 g/mol. The number of nitrogens with zero attached hydrogens (tertiary/aromatic N) is 2. The fraction of sp³-hybridized carbons (Fsp3) is 0.190. The zero-order chi connectivity index (χ0) is 18.9. The second-order valence-electron chi connectivity index (χ2n) is 6.69. The predicted octanol–water partition coefficient (Wildman–Crippen LogP) is 5.19. The number of carbonyl (C=O) groups excluding carboxylic acids is 1. The van der Waals surface area contributed by atoms with Gasteiger partial charge in [0.2, 0.25) is 5.76 Å². The van der Waals surface area contributed by atoms with Crippen LogP contribution in [0.5, 0.6) is 0 Å². The lowest BCUT2D eigenvalue weighted by Gasteiger charge is -2.16. The number of thiazole rings is 1. The summed E-state index contributed by atoms with van der Waals surface area (Å²) in [5.74, 6) is 0.372. The minimum Gasteiger partial charge on any atom is -0.461 e. The van der Waals surface area contributed by atoms with Crippen LogP contribution in [0.25, 0.3) is 22.8 Å². The number of anilines is 1. The second kappa shape index (κ2) is 7.09. The van der Waals surface area contributed by atoms with Crippen LogP contribution in [-0.4, -0.2) is 15.9 Å². The fourth-order valence-electron chi connectivity index (χ4n) is 3.50. The first-order chi connectivity index (χ1) is 13.8. The van der Waals surface area contributed by atoms with Crippen LogP contribution in [-0.2, 0) is 12.8 Å². The molecule has 7 heteroatoms. The zero-order valence-electron chi connectivity index (χ0n) is 15.0. The van der Waals surface area contributed by atoms with Gasteiger partial charge in [-0.3, -0.25) is 10.1 Å². The van der Waals surface area contributed by atoms with Crippen LogP contribution in [0.15, 0.2) is 57.2 Å². The first-order valence-corrected chi connectivity index (χ1v) is 10.0. The Morgan fingerprint density at radius 3 is 2.86 bits per heavy atom. The summed E-state index contributed by atoms with van der Waals surface area (Å²) in [6, 6.07) is 9.98. The van der Waals surface area contributed by atoms with E-state index in [0.29, 0.717) is 16.7 Å². The highest BCUT2D eigenvalue weighted by molar-refractivity contribution is 7.14. The van der Waals surface area contributed by atoms with Crippen molar-refractivity contribution in [2.75, 3.05) is 5.32 Å². The molecule has 0 aliphatic heterocycles. The fourth-order valence-corrected chi connectivity index (χ4v) is 4.22. The Morgan fingerprint density at radius 1 is 1.11 bits per heavy atom. The average Bonchev–Trinajstić information content (AvgIpc) is 3.47. The molecule has 0 bridgehead atoms. The summed E-state index contributed by atoms with van der Waals surface area (Å²) in [5, 5.41) is 5.28. The van der Waals surface area contributed by atoms with E-state index in [1.807, 2.05) is 5.38 Å². The number of amides is 1. The largest absolute Gasteiger partial charge is 0.461 e. The molecule has 5 rings (SSSR count). The Kier molecular flexibility index (Phi) is 4.29. The molecule has 140 valence electrons. The van der Waals surface area contributed by atoms with Crippen molar-refractivity contribution < 1.29 is 13.6 Å². The number of benzene rings is 1. The zero-order valence-corrected chi connectivity index (χ0v) is 15.8. The van der Waals surface area contributed by atoms with Gasteiger partial charge in [0, 0.05) is 10.9 Å². The molecule has 1 aliphatic carbocycles. The van der Waals surface area contributed by atoms with Gasteiger partial charge in [-0.2, -0.15) is 0 Å². The topological polar surface area (TPSA) is 81.2 Å². The number of oxazole rings is 1. The summed E-state index contributed by atoms with van der Waals surface area (Å²) in [7, 11) is 0. The number of nitrogens with one attached hydrogen (secondary N) is 1. The van der Waals surface area contributed by atoms with Crippen molar-refractivity contribution in [3.8, 4) is 22.8 Å². The Morgan fingerprint density at radius 2 is 2.00 bits per heavy atom. The molecule has 1 aromatic carbocycles. The van der Waals surface area contributed by atoms with Gasteiger partial charge in [-0.15, -0.1) is 11.3 Å². The molecule has 3 aromatic heterocycles. The third-order valence-electron chi connectivity index (χ3n) is 4.90. The predicted molar refractivity (Wildman–Crippen MR) is 106 cm³/mol. The highest BCUT2D eigenvalue weighted by Crippen LogP contribution is 2.30. The molecular weight excluding hydrogens is 374 g/mol. The lowest BCUT2D eigenvalue weighted by Crippen LogP contribution is -2.13. The Bertz CT molecular complexity index is 1130. The molecular formula is C21H17N3O3S. The summed E-state index contributed by atoms with van der Waals surface area (Å²) in [6.07, 6.45) is 7.53. The molecule has 0 fully saturated rings. The van der Waals surface area contributed by atoms with Gasteiger partial charge in [-0.1, -0.05) is 12.1 Å². The molecule has 1 aliphatic rings. The van der Waals surface area contributed by atoms with Gasteiger partial charge in [0.15, 0.2) is 23.0 Å². The number of hydrogen-bond donors (Lipinski definition) is 1. The summed E-state index contributed by atoms with van der Waals surface area (Å²) in [4.78, 5) is 21.2. The number of rotatable bonds is 4. The van der Waals surface area contributed by atoms with Gasteiger partial charge >= 0.3 is 0 Å². The highest BCUT2D eigenvalue weighted by Gasteiger charge is 2.21. The van der Waals surface area contributed by atoms with Crippen LogP contribution in [0.2, 0.25) is 0 Å². The quantitative estimate of drug-likeness (QED) is 0.518. The summed E-state index contributed by atoms with van der Waals surface area (Å²) in [5.41, 5.74) is 4.96. The van der Waals surface area contributed by atoms with Gasteiger partial charge in [-0.05, 0) is 55.0 Å². The van der Waals surface area contributed by atoms with E-state index in [1.54, 1.807) is 12.1 Å². The van der Waals surface area contributed by atoms with Crippen molar-refractivity contribution in [1.82, 2.24) is 9.97 Å². The van der Waals surface area contributed by atoms with Crippen LogP contribution in [0.4, 0.5) is 5.13 Å². The number of carbonyl (C=O) groups is 1. The van der Waals surface area contributed by atoms with E-state index in [1.165, 1.54) is 48.0 Å². The molecule has 0 atom stereocenters. The lowest BCUT2D eigenvalue weighted by atomic mass is 9.90. The van der Waals surface area contributed by atoms with Crippen molar-refractivity contribution in [3.63, 3.8) is 0 Å². The van der Waals surface area contributed by atoms with E-state index in [0.717, 1.165) is 24.1 Å². The van der Waals surface area contributed by atoms with E-state index < -0.39 is 0 Å². The number of fused-ring (bicyclic) bond motifs is 1. The summed E-state index contributed by atoms with van der Waals surface area (Å²) < 4.78 is 10.6. The van der Waals surface area contributed by atoms with Gasteiger partial charge in [0.05, 0.1) is 12.0 Å². The van der Waals surface area contributed by atoms with Crippen LogP contribution in [0.1, 0.15) is 34.5 Å². The van der Waals surface area contributed by atoms with Crippen molar-refractivity contribution in [3.05, 3.63) is 65.2 Å². The minimum atomic E-state index is -0.383. The summed E-state index contributed by atoms with van der Waals surface area (Å²) >= 11 is 1.39. The molecule has 6 nitrogen and oxygen atoms in total. The van der Waals surface area contributed by atoms with Crippen LogP contribution in [0, 0.1) is 0 Å². The number of aryl methyl sites for hydroxylation is 2. The van der Waals surface area contributed by atoms with Crippen LogP contribution < -0.4 is 5.32 Å². The molecule has 28 heavy (non-hydrogen) atoms. The first-order valence-electron chi connectivity index (χ1n) is 9.14. The van der Waals surface area contributed by atoms with E-state index in [-0.39, 0.29) is 11.6 Å². The maximum Gasteiger partial charge on any atom is 0.280 e. The third-order valence-corrected chi connectivity index (χ3v) is 5.65. The number of hydrogen-bond acceptors (Lipinski definition) is 6. The van der Waals surface area contributed by atoms with Crippen LogP contribution in [0.3, 0.4) is 0 Å². The molecule has 0 spiro atoms. The van der Waals surface area contributed by atoms with Crippen LogP contribution >= 0.6 is 11.3 Å². The highest BCUT2D eigenvalue weighted by atomic mass is 32.1. The number of aromatic nitrogens is 2. The molecule has 1 N–H and O–H groups in total. The molecule has 0 unspecified atom stereocenters. The molecule has 4 aromatic rings. The first kappa shape index (κ1) is 16.9. The molecule has 1 amide bonds. The molecule has 3 heterocycles. The normalized spacial score (nSPS) is 13.3. The van der Waals surface area contributed by atoms with E-state index in [4.69, 9.17) is 8.83 Å². The Hall–Kier alpha value is -3.19. The second-order valence-corrected chi connectivity index (χ2v) is 7.55. The SMILES string of the molecule is O=C(Nc1nc(-c2ccc3c(c2)CCCC3)cs1)c1ncoc1-c1ccco1. The van der Waals surface area contributed by atoms with Gasteiger partial charge in [-0.25, -0.2) is 9.97 Å². The Balaban J connectivity index is 1.36. The smallest absolute Gasteiger partial charge is 0.280 e. The van der Waals surface area contributed by atoms with Gasteiger partial charge in [0.1, 0.15) is 0 Å². The maximum absolute atomic E-state index is 12.6. The maximum atomic E-state index is 12.6. The number of furan rings is 1. The van der Waals surface area contributed by atoms with Gasteiger partial charge in [0.25, 0.3) is 5.91 Å².